The number of fused-ring (bicyclic) bond motifs is 1. The molecular weight excluding hydrogens is 424 g/mol. The number of H-pyrrole nitrogens is 1. The van der Waals surface area contributed by atoms with Crippen LogP contribution in [0.5, 0.6) is 5.75 Å². The fraction of sp³-hybridized carbons (Fsp3) is 0.286. The summed E-state index contributed by atoms with van der Waals surface area (Å²) >= 11 is 0. The van der Waals surface area contributed by atoms with Crippen molar-refractivity contribution in [1.29, 1.82) is 0 Å². The molecule has 0 amide bonds. The molecule has 5 rings (SSSR count). The Morgan fingerprint density at radius 3 is 2.41 bits per heavy atom. The van der Waals surface area contributed by atoms with E-state index in [1.165, 1.54) is 10.9 Å². The lowest BCUT2D eigenvalue weighted by atomic mass is 9.92. The van der Waals surface area contributed by atoms with Crippen molar-refractivity contribution in [2.24, 2.45) is 0 Å². The first-order valence-electron chi connectivity index (χ1n) is 11.7. The number of hydrogen-bond acceptors (Lipinski definition) is 4. The van der Waals surface area contributed by atoms with E-state index in [2.05, 4.69) is 15.8 Å². The molecule has 2 aromatic carbocycles. The lowest BCUT2D eigenvalue weighted by molar-refractivity contribution is 0.414. The van der Waals surface area contributed by atoms with Crippen LogP contribution in [0.3, 0.4) is 0 Å². The van der Waals surface area contributed by atoms with Gasteiger partial charge >= 0.3 is 0 Å². The van der Waals surface area contributed by atoms with Gasteiger partial charge < -0.3 is 14.6 Å². The summed E-state index contributed by atoms with van der Waals surface area (Å²) in [6, 6.07) is 17.6. The van der Waals surface area contributed by atoms with E-state index < -0.39 is 5.92 Å². The minimum atomic E-state index is -0.498. The number of hydrogen-bond donors (Lipinski definition) is 1. The van der Waals surface area contributed by atoms with Gasteiger partial charge in [-0.25, -0.2) is 0 Å². The lowest BCUT2D eigenvalue weighted by Gasteiger charge is -2.28. The van der Waals surface area contributed by atoms with Gasteiger partial charge in [0.15, 0.2) is 5.65 Å². The van der Waals surface area contributed by atoms with Crippen molar-refractivity contribution in [2.75, 3.05) is 25.1 Å². The number of aryl methyl sites for hydroxylation is 1. The van der Waals surface area contributed by atoms with Gasteiger partial charge in [0.1, 0.15) is 17.1 Å². The Hall–Kier alpha value is -3.98. The lowest BCUT2D eigenvalue weighted by Crippen LogP contribution is -2.30. The molecule has 0 aliphatic carbocycles. The highest BCUT2D eigenvalue weighted by molar-refractivity contribution is 5.86. The smallest absolute Gasteiger partial charge is 0.279 e. The third kappa shape index (κ3) is 3.73. The van der Waals surface area contributed by atoms with Gasteiger partial charge in [-0.05, 0) is 43.9 Å². The van der Waals surface area contributed by atoms with E-state index >= 15 is 0 Å². The highest BCUT2D eigenvalue weighted by Gasteiger charge is 2.27. The number of methoxy groups -OCH3 is 1. The fourth-order valence-corrected chi connectivity index (χ4v) is 4.88. The van der Waals surface area contributed by atoms with Gasteiger partial charge in [-0.1, -0.05) is 48.4 Å². The summed E-state index contributed by atoms with van der Waals surface area (Å²) in [7, 11) is 1.62. The van der Waals surface area contributed by atoms with Gasteiger partial charge in [-0.2, -0.15) is 9.61 Å². The van der Waals surface area contributed by atoms with Crippen LogP contribution in [0.2, 0.25) is 0 Å². The third-order valence-electron chi connectivity index (χ3n) is 6.62. The van der Waals surface area contributed by atoms with Gasteiger partial charge in [0, 0.05) is 24.3 Å². The Morgan fingerprint density at radius 1 is 1.06 bits per heavy atom. The first-order valence-corrected chi connectivity index (χ1v) is 11.7. The van der Waals surface area contributed by atoms with Crippen molar-refractivity contribution in [3.63, 3.8) is 0 Å². The quantitative estimate of drug-likeness (QED) is 0.444. The Kier molecular flexibility index (Phi) is 5.85. The number of nitrogens with zero attached hydrogens (tertiary/aromatic N) is 3. The third-order valence-corrected chi connectivity index (χ3v) is 6.62. The van der Waals surface area contributed by atoms with Crippen molar-refractivity contribution in [2.45, 2.75) is 32.1 Å². The van der Waals surface area contributed by atoms with Crippen molar-refractivity contribution < 1.29 is 4.74 Å². The number of terminal acetylenes is 1. The molecule has 3 heterocycles. The predicted octanol–water partition coefficient (Wildman–Crippen LogP) is 4.76. The highest BCUT2D eigenvalue weighted by atomic mass is 16.5. The molecule has 6 nitrogen and oxygen atoms in total. The molecule has 2 aromatic heterocycles. The molecule has 4 aromatic rings. The number of anilines is 1. The van der Waals surface area contributed by atoms with Gasteiger partial charge in [-0.15, -0.1) is 6.42 Å². The molecule has 1 saturated heterocycles. The van der Waals surface area contributed by atoms with Crippen LogP contribution in [0.25, 0.3) is 16.9 Å². The molecule has 0 radical (unpaired) electrons. The number of aromatic amines is 1. The van der Waals surface area contributed by atoms with E-state index in [0.717, 1.165) is 65.5 Å². The Labute approximate surface area is 199 Å². The van der Waals surface area contributed by atoms with E-state index in [1.54, 1.807) is 7.11 Å². The number of aromatic nitrogens is 3. The summed E-state index contributed by atoms with van der Waals surface area (Å²) in [5.41, 5.74) is 5.48. The van der Waals surface area contributed by atoms with E-state index in [4.69, 9.17) is 16.3 Å². The highest BCUT2D eigenvalue weighted by Crippen LogP contribution is 2.35. The molecule has 1 unspecified atom stereocenters. The van der Waals surface area contributed by atoms with Crippen LogP contribution < -0.4 is 15.2 Å². The topological polar surface area (TPSA) is 62.6 Å². The van der Waals surface area contributed by atoms with Crippen LogP contribution in [-0.4, -0.2) is 34.8 Å². The second kappa shape index (κ2) is 9.11. The second-order valence-electron chi connectivity index (χ2n) is 8.71. The van der Waals surface area contributed by atoms with E-state index in [-0.39, 0.29) is 5.56 Å². The van der Waals surface area contributed by atoms with Gasteiger partial charge in [0.05, 0.1) is 18.6 Å². The summed E-state index contributed by atoms with van der Waals surface area (Å²) in [5.74, 6) is 3.07. The number of nitrogens with one attached hydrogen (secondary N) is 1. The molecular formula is C28H28N4O2. The van der Waals surface area contributed by atoms with Crippen molar-refractivity contribution in [1.82, 2.24) is 14.6 Å². The zero-order valence-corrected chi connectivity index (χ0v) is 19.5. The Balaban J connectivity index is 1.72. The largest absolute Gasteiger partial charge is 0.497 e. The van der Waals surface area contributed by atoms with Crippen LogP contribution in [0, 0.1) is 19.3 Å². The summed E-state index contributed by atoms with van der Waals surface area (Å²) in [4.78, 5) is 19.7. The van der Waals surface area contributed by atoms with E-state index in [9.17, 15) is 4.79 Å². The standard InChI is InChI=1S/C28H28N4O2/c1-4-23(20-13-15-22(34-3)16-14-20)24-19(2)29-27-26(31-17-9-6-10-18-31)25(30-32(27)28(24)33)21-11-7-5-8-12-21/h1,5,7-8,11-16,23,29H,6,9-10,17-18H2,2-3H3. The zero-order chi connectivity index (χ0) is 23.7. The average Bonchev–Trinajstić information content (AvgIpc) is 3.27. The molecule has 0 bridgehead atoms. The van der Waals surface area contributed by atoms with E-state index in [0.29, 0.717) is 5.56 Å². The molecule has 0 saturated carbocycles. The maximum Gasteiger partial charge on any atom is 0.279 e. The molecule has 1 aliphatic rings. The van der Waals surface area contributed by atoms with Crippen LogP contribution in [0.15, 0.2) is 59.4 Å². The summed E-state index contributed by atoms with van der Waals surface area (Å²) in [6.07, 6.45) is 9.44. The van der Waals surface area contributed by atoms with Crippen LogP contribution in [-0.2, 0) is 0 Å². The van der Waals surface area contributed by atoms with Gasteiger partial charge in [-0.3, -0.25) is 4.79 Å². The molecule has 34 heavy (non-hydrogen) atoms. The molecule has 1 fully saturated rings. The minimum absolute atomic E-state index is 0.189. The Morgan fingerprint density at radius 2 is 1.76 bits per heavy atom. The number of benzene rings is 2. The molecule has 172 valence electrons. The first kappa shape index (κ1) is 21.8. The van der Waals surface area contributed by atoms with Crippen LogP contribution in [0.1, 0.15) is 42.0 Å². The normalized spacial score (nSPS) is 14.7. The number of ether oxygens (including phenoxy) is 1. The molecule has 1 N–H and O–H groups in total. The number of piperidine rings is 1. The summed E-state index contributed by atoms with van der Waals surface area (Å²) in [5, 5.41) is 4.84. The van der Waals surface area contributed by atoms with Gasteiger partial charge in [0.2, 0.25) is 0 Å². The molecule has 0 spiro atoms. The monoisotopic (exact) mass is 452 g/mol. The zero-order valence-electron chi connectivity index (χ0n) is 19.5. The SMILES string of the molecule is C#CC(c1ccc(OC)cc1)c1c(C)[nH]c2c(N3CCCCC3)c(-c3ccccc3)nn2c1=O. The van der Waals surface area contributed by atoms with Gasteiger partial charge in [0.25, 0.3) is 5.56 Å². The predicted molar refractivity (Wildman–Crippen MR) is 136 cm³/mol. The number of rotatable bonds is 5. The summed E-state index contributed by atoms with van der Waals surface area (Å²) in [6.45, 7) is 3.81. The van der Waals surface area contributed by atoms with Crippen LogP contribution in [0.4, 0.5) is 5.69 Å². The average molecular weight is 453 g/mol. The van der Waals surface area contributed by atoms with Crippen LogP contribution >= 0.6 is 0 Å². The maximum atomic E-state index is 13.9. The van der Waals surface area contributed by atoms with Crippen molar-refractivity contribution in [3.05, 3.63) is 81.8 Å². The first-order chi connectivity index (χ1) is 16.6. The minimum Gasteiger partial charge on any atom is -0.497 e. The van der Waals surface area contributed by atoms with Crippen molar-refractivity contribution >= 4 is 11.3 Å². The molecule has 1 atom stereocenters. The second-order valence-corrected chi connectivity index (χ2v) is 8.71. The summed E-state index contributed by atoms with van der Waals surface area (Å²) < 4.78 is 6.77. The maximum absolute atomic E-state index is 13.9. The van der Waals surface area contributed by atoms with E-state index in [1.807, 2.05) is 61.5 Å². The molecule has 1 aliphatic heterocycles. The molecule has 6 heteroatoms. The fourth-order valence-electron chi connectivity index (χ4n) is 4.88. The Bertz CT molecular complexity index is 1410. The van der Waals surface area contributed by atoms with Crippen molar-refractivity contribution in [3.8, 4) is 29.4 Å².